The molecule has 2 N–H and O–H groups in total. The number of carbonyl (C=O) groups excluding carboxylic acids is 1. The van der Waals surface area contributed by atoms with Gasteiger partial charge in [-0.25, -0.2) is 9.59 Å². The van der Waals surface area contributed by atoms with Crippen molar-refractivity contribution in [3.63, 3.8) is 0 Å². The molecule has 1 aliphatic heterocycles. The van der Waals surface area contributed by atoms with Crippen LogP contribution in [0.2, 0.25) is 0 Å². The summed E-state index contributed by atoms with van der Waals surface area (Å²) in [6.45, 7) is 0. The maximum Gasteiger partial charge on any atom is 0.343 e. The van der Waals surface area contributed by atoms with Crippen LogP contribution in [-0.2, 0) is 6.42 Å². The Balaban J connectivity index is 1.33. The fourth-order valence-corrected chi connectivity index (χ4v) is 5.51. The lowest BCUT2D eigenvalue weighted by Crippen LogP contribution is -2.30. The van der Waals surface area contributed by atoms with Crippen LogP contribution >= 0.6 is 0 Å². The Kier molecular flexibility index (Phi) is 5.10. The van der Waals surface area contributed by atoms with Crippen molar-refractivity contribution < 1.29 is 19.4 Å². The molecule has 4 aromatic rings. The first-order valence-corrected chi connectivity index (χ1v) is 11.7. The highest BCUT2D eigenvalue weighted by Gasteiger charge is 2.43. The summed E-state index contributed by atoms with van der Waals surface area (Å²) in [4.78, 5) is 24.1. The Labute approximate surface area is 203 Å². The summed E-state index contributed by atoms with van der Waals surface area (Å²) >= 11 is 0. The first kappa shape index (κ1) is 21.2. The number of esters is 1. The van der Waals surface area contributed by atoms with Crippen molar-refractivity contribution in [2.75, 3.05) is 5.32 Å². The van der Waals surface area contributed by atoms with Gasteiger partial charge < -0.3 is 15.2 Å². The summed E-state index contributed by atoms with van der Waals surface area (Å²) in [6, 6.07) is 30.4. The number of hydrogen-bond acceptors (Lipinski definition) is 4. The number of carbonyl (C=O) groups is 2. The van der Waals surface area contributed by atoms with E-state index in [9.17, 15) is 14.7 Å². The second-order valence-corrected chi connectivity index (χ2v) is 9.10. The van der Waals surface area contributed by atoms with Crippen LogP contribution in [0.4, 0.5) is 5.69 Å². The molecule has 0 saturated heterocycles. The molecule has 0 fully saturated rings. The second kappa shape index (κ2) is 8.44. The topological polar surface area (TPSA) is 75.6 Å². The van der Waals surface area contributed by atoms with Gasteiger partial charge in [-0.1, -0.05) is 54.6 Å². The smallest absolute Gasteiger partial charge is 0.343 e. The molecule has 4 aromatic carbocycles. The van der Waals surface area contributed by atoms with Gasteiger partial charge in [0.1, 0.15) is 5.75 Å². The molecule has 1 aliphatic carbocycles. The Bertz CT molecular complexity index is 1430. The maximum atomic E-state index is 12.4. The van der Waals surface area contributed by atoms with Crippen LogP contribution in [0, 0.1) is 5.92 Å². The predicted octanol–water partition coefficient (Wildman–Crippen LogP) is 6.08. The Morgan fingerprint density at radius 1 is 0.800 bits per heavy atom. The summed E-state index contributed by atoms with van der Waals surface area (Å²) in [5.74, 6) is -0.456. The molecule has 6 rings (SSSR count). The molecule has 35 heavy (non-hydrogen) atoms. The Morgan fingerprint density at radius 2 is 1.54 bits per heavy atom. The fourth-order valence-electron chi connectivity index (χ4n) is 5.51. The zero-order valence-electron chi connectivity index (χ0n) is 18.8. The fraction of sp³-hybridized carbons (Fsp3) is 0.133. The molecule has 0 spiro atoms. The van der Waals surface area contributed by atoms with Crippen LogP contribution in [0.15, 0.2) is 97.1 Å². The van der Waals surface area contributed by atoms with Crippen LogP contribution < -0.4 is 10.1 Å². The largest absolute Gasteiger partial charge is 0.478 e. The number of hydrogen-bond donors (Lipinski definition) is 2. The average Bonchev–Trinajstić information content (AvgIpc) is 3.29. The van der Waals surface area contributed by atoms with Gasteiger partial charge in [0.2, 0.25) is 0 Å². The van der Waals surface area contributed by atoms with Crippen LogP contribution in [0.3, 0.4) is 0 Å². The second-order valence-electron chi connectivity index (χ2n) is 9.10. The third-order valence-electron chi connectivity index (χ3n) is 7.11. The SMILES string of the molecule is O=C(O)c1ccc2c(c1)[C@@H]1c3ccccc3C[C@@H]1[C@H](c1ccc(OC(=O)c3ccccc3)cc1)N2. The van der Waals surface area contributed by atoms with Crippen molar-refractivity contribution in [2.24, 2.45) is 5.92 Å². The number of nitrogens with one attached hydrogen (secondary N) is 1. The first-order chi connectivity index (χ1) is 17.1. The minimum atomic E-state index is -0.918. The van der Waals surface area contributed by atoms with Crippen molar-refractivity contribution in [1.82, 2.24) is 0 Å². The van der Waals surface area contributed by atoms with E-state index in [0.29, 0.717) is 16.9 Å². The van der Waals surface area contributed by atoms with E-state index in [0.717, 1.165) is 23.2 Å². The van der Waals surface area contributed by atoms with E-state index in [-0.39, 0.29) is 23.8 Å². The highest BCUT2D eigenvalue weighted by molar-refractivity contribution is 5.91. The van der Waals surface area contributed by atoms with Gasteiger partial charge in [-0.2, -0.15) is 0 Å². The molecule has 0 amide bonds. The third-order valence-corrected chi connectivity index (χ3v) is 7.11. The third kappa shape index (κ3) is 3.75. The van der Waals surface area contributed by atoms with Crippen molar-refractivity contribution in [2.45, 2.75) is 18.4 Å². The average molecular weight is 462 g/mol. The number of anilines is 1. The zero-order chi connectivity index (χ0) is 23.9. The normalized spacial score (nSPS) is 19.6. The highest BCUT2D eigenvalue weighted by atomic mass is 16.5. The van der Waals surface area contributed by atoms with Gasteiger partial charge in [-0.3, -0.25) is 0 Å². The van der Waals surface area contributed by atoms with E-state index in [1.165, 1.54) is 11.1 Å². The van der Waals surface area contributed by atoms with Gasteiger partial charge in [-0.05, 0) is 77.1 Å². The standard InChI is InChI=1S/C30H23NO4/c32-29(33)21-12-15-26-24(17-21)27-23-9-5-4-8-20(23)16-25(27)28(31-26)18-10-13-22(14-11-18)35-30(34)19-6-2-1-3-7-19/h1-15,17,25,27-28,31H,16H2,(H,32,33)/t25-,27-,28-/m0/s1. The molecular formula is C30H23NO4. The van der Waals surface area contributed by atoms with Gasteiger partial charge in [0, 0.05) is 11.6 Å². The molecule has 5 nitrogen and oxygen atoms in total. The van der Waals surface area contributed by atoms with Crippen molar-refractivity contribution in [3.05, 3.63) is 130 Å². The van der Waals surface area contributed by atoms with Gasteiger partial charge in [0.15, 0.2) is 0 Å². The molecule has 0 radical (unpaired) electrons. The molecule has 5 heteroatoms. The Hall–Kier alpha value is -4.38. The number of carboxylic acid groups (broad SMARTS) is 1. The van der Waals surface area contributed by atoms with Gasteiger partial charge in [0.25, 0.3) is 0 Å². The molecule has 3 atom stereocenters. The molecule has 0 bridgehead atoms. The molecule has 0 aromatic heterocycles. The number of carboxylic acids is 1. The lowest BCUT2D eigenvalue weighted by Gasteiger charge is -2.38. The Morgan fingerprint density at radius 3 is 2.31 bits per heavy atom. The summed E-state index contributed by atoms with van der Waals surface area (Å²) in [5.41, 5.74) is 6.46. The van der Waals surface area contributed by atoms with Crippen molar-refractivity contribution in [3.8, 4) is 5.75 Å². The molecule has 2 aliphatic rings. The number of aromatic carboxylic acids is 1. The van der Waals surface area contributed by atoms with Crippen LogP contribution in [-0.4, -0.2) is 17.0 Å². The lowest BCUT2D eigenvalue weighted by atomic mass is 9.75. The molecular weight excluding hydrogens is 438 g/mol. The first-order valence-electron chi connectivity index (χ1n) is 11.7. The van der Waals surface area contributed by atoms with E-state index in [4.69, 9.17) is 4.74 Å². The lowest BCUT2D eigenvalue weighted by molar-refractivity contribution is 0.0694. The number of benzene rings is 4. The molecule has 1 heterocycles. The van der Waals surface area contributed by atoms with Gasteiger partial charge >= 0.3 is 11.9 Å². The van der Waals surface area contributed by atoms with Gasteiger partial charge in [0.05, 0.1) is 17.2 Å². The number of ether oxygens (including phenoxy) is 1. The van der Waals surface area contributed by atoms with Crippen LogP contribution in [0.1, 0.15) is 54.9 Å². The predicted molar refractivity (Wildman–Crippen MR) is 133 cm³/mol. The summed E-state index contributed by atoms with van der Waals surface area (Å²) in [7, 11) is 0. The molecule has 0 unspecified atom stereocenters. The van der Waals surface area contributed by atoms with E-state index in [2.05, 4.69) is 29.6 Å². The minimum Gasteiger partial charge on any atom is -0.478 e. The summed E-state index contributed by atoms with van der Waals surface area (Å²) in [6.07, 6.45) is 0.903. The highest BCUT2D eigenvalue weighted by Crippen LogP contribution is 2.54. The van der Waals surface area contributed by atoms with E-state index < -0.39 is 5.97 Å². The minimum absolute atomic E-state index is 0.0365. The summed E-state index contributed by atoms with van der Waals surface area (Å²) in [5, 5.41) is 13.2. The van der Waals surface area contributed by atoms with E-state index in [1.54, 1.807) is 18.2 Å². The van der Waals surface area contributed by atoms with Gasteiger partial charge in [-0.15, -0.1) is 0 Å². The van der Waals surface area contributed by atoms with E-state index >= 15 is 0 Å². The molecule has 172 valence electrons. The quantitative estimate of drug-likeness (QED) is 0.285. The number of fused-ring (bicyclic) bond motifs is 5. The summed E-state index contributed by atoms with van der Waals surface area (Å²) < 4.78 is 5.56. The van der Waals surface area contributed by atoms with Crippen molar-refractivity contribution >= 4 is 17.6 Å². The van der Waals surface area contributed by atoms with Crippen LogP contribution in [0.25, 0.3) is 0 Å². The maximum absolute atomic E-state index is 12.4. The van der Waals surface area contributed by atoms with Crippen LogP contribution in [0.5, 0.6) is 5.75 Å². The number of rotatable bonds is 4. The molecule has 0 saturated carbocycles. The zero-order valence-corrected chi connectivity index (χ0v) is 18.8. The monoisotopic (exact) mass is 461 g/mol. The van der Waals surface area contributed by atoms with Crippen molar-refractivity contribution in [1.29, 1.82) is 0 Å². The van der Waals surface area contributed by atoms with E-state index in [1.807, 2.05) is 54.6 Å².